The second kappa shape index (κ2) is 19.4. The minimum absolute atomic E-state index is 0.0733. The Balaban J connectivity index is 2.64. The van der Waals surface area contributed by atoms with Gasteiger partial charge in [0.2, 0.25) is 0 Å². The molecule has 0 aliphatic heterocycles. The molecule has 0 radical (unpaired) electrons. The van der Waals surface area contributed by atoms with E-state index in [0.717, 1.165) is 31.3 Å². The lowest BCUT2D eigenvalue weighted by molar-refractivity contribution is -0.0566. The molecule has 236 valence electrons. The first kappa shape index (κ1) is 38.1. The normalized spacial score (nSPS) is 23.8. The molecule has 1 aliphatic carbocycles. The van der Waals surface area contributed by atoms with Gasteiger partial charge in [-0.25, -0.2) is 0 Å². The van der Waals surface area contributed by atoms with E-state index in [1.54, 1.807) is 7.11 Å². The van der Waals surface area contributed by atoms with Crippen molar-refractivity contribution in [3.8, 4) is 0 Å². The van der Waals surface area contributed by atoms with Gasteiger partial charge in [-0.3, -0.25) is 0 Å². The number of rotatable bonds is 15. The molecule has 1 N–H and O–H groups in total. The van der Waals surface area contributed by atoms with Crippen LogP contribution in [0.3, 0.4) is 0 Å². The first-order valence-electron chi connectivity index (χ1n) is 15.8. The summed E-state index contributed by atoms with van der Waals surface area (Å²) in [5.74, 6) is 0.365. The zero-order valence-electron chi connectivity index (χ0n) is 29.1. The second-order valence-corrected chi connectivity index (χ2v) is 13.1. The quantitative estimate of drug-likeness (QED) is 0.153. The lowest BCUT2D eigenvalue weighted by Crippen LogP contribution is -2.40. The summed E-state index contributed by atoms with van der Waals surface area (Å²) in [6.07, 6.45) is 38.1. The molecule has 0 aromatic carbocycles. The fraction of sp³-hybridized carbons (Fsp3) is 0.463. The highest BCUT2D eigenvalue weighted by Crippen LogP contribution is 2.47. The molecule has 0 amide bonds. The predicted molar refractivity (Wildman–Crippen MR) is 191 cm³/mol. The monoisotopic (exact) mass is 584 g/mol. The summed E-state index contributed by atoms with van der Waals surface area (Å²) in [5, 5.41) is 11.0. The van der Waals surface area contributed by atoms with Crippen LogP contribution in [0.1, 0.15) is 94.9 Å². The van der Waals surface area contributed by atoms with Gasteiger partial charge >= 0.3 is 0 Å². The highest BCUT2D eigenvalue weighted by Gasteiger charge is 2.48. The molecule has 0 aromatic heterocycles. The maximum Gasteiger partial charge on any atom is 0.0686 e. The summed E-state index contributed by atoms with van der Waals surface area (Å²) in [4.78, 5) is 0. The van der Waals surface area contributed by atoms with Crippen LogP contribution in [0, 0.1) is 11.8 Å². The number of hydrogen-bond donors (Lipinski definition) is 1. The van der Waals surface area contributed by atoms with Crippen molar-refractivity contribution in [2.75, 3.05) is 7.11 Å². The molecule has 1 fully saturated rings. The number of aliphatic hydroxyl groups is 1. The van der Waals surface area contributed by atoms with Gasteiger partial charge in [0.1, 0.15) is 0 Å². The summed E-state index contributed by atoms with van der Waals surface area (Å²) in [6.45, 7) is 21.1. The number of ether oxygens (including phenoxy) is 1. The summed E-state index contributed by atoms with van der Waals surface area (Å²) in [5.41, 5.74) is 6.58. The number of hydrogen-bond acceptors (Lipinski definition) is 2. The zero-order valence-corrected chi connectivity index (χ0v) is 29.1. The van der Waals surface area contributed by atoms with E-state index in [-0.39, 0.29) is 11.5 Å². The molecular weight excluding hydrogens is 524 g/mol. The van der Waals surface area contributed by atoms with Crippen molar-refractivity contribution >= 4 is 0 Å². The Labute approximate surface area is 265 Å². The molecule has 1 rings (SSSR count). The lowest BCUT2D eigenvalue weighted by atomic mass is 9.78. The average Bonchev–Trinajstić information content (AvgIpc) is 3.24. The Kier molecular flexibility index (Phi) is 17.1. The van der Waals surface area contributed by atoms with E-state index >= 15 is 0 Å². The molecule has 1 aliphatic rings. The van der Waals surface area contributed by atoms with Gasteiger partial charge in [0.25, 0.3) is 0 Å². The molecule has 0 unspecified atom stereocenters. The molecule has 0 saturated heterocycles. The van der Waals surface area contributed by atoms with Crippen LogP contribution < -0.4 is 0 Å². The zero-order chi connectivity index (χ0) is 32.5. The molecule has 0 heterocycles. The van der Waals surface area contributed by atoms with Crippen molar-refractivity contribution in [2.45, 2.75) is 106 Å². The minimum Gasteiger partial charge on any atom is -0.390 e. The topological polar surface area (TPSA) is 29.5 Å². The van der Waals surface area contributed by atoms with Gasteiger partial charge < -0.3 is 9.84 Å². The van der Waals surface area contributed by atoms with E-state index in [1.165, 1.54) is 27.9 Å². The third-order valence-electron chi connectivity index (χ3n) is 8.20. The van der Waals surface area contributed by atoms with Crippen LogP contribution in [-0.4, -0.2) is 23.4 Å². The average molecular weight is 585 g/mol. The van der Waals surface area contributed by atoms with Gasteiger partial charge in [-0.15, -0.1) is 0 Å². The van der Waals surface area contributed by atoms with E-state index in [2.05, 4.69) is 160 Å². The van der Waals surface area contributed by atoms with Gasteiger partial charge in [-0.05, 0) is 101 Å². The van der Waals surface area contributed by atoms with Crippen LogP contribution in [0.5, 0.6) is 0 Å². The summed E-state index contributed by atoms with van der Waals surface area (Å²) in [6, 6.07) is 0. The van der Waals surface area contributed by atoms with E-state index in [1.807, 2.05) is 6.92 Å². The maximum atomic E-state index is 11.0. The first-order valence-corrected chi connectivity index (χ1v) is 15.8. The minimum atomic E-state index is -0.698. The van der Waals surface area contributed by atoms with E-state index in [0.29, 0.717) is 5.92 Å². The van der Waals surface area contributed by atoms with Gasteiger partial charge in [-0.2, -0.15) is 0 Å². The third kappa shape index (κ3) is 15.9. The number of allylic oxidation sites excluding steroid dienone is 21. The van der Waals surface area contributed by atoms with Crippen LogP contribution in [0.4, 0.5) is 0 Å². The SMILES string of the molecule is COC(C)(C)[C@@H]1CC[C@@](C)(O)[C@H]1/C=C/C(C)=C/C=C/C(C)=C/C=C/C=C(C)/C=C/C=C(C)/C=C/C=C(\C)CCC=C(C)C. The van der Waals surface area contributed by atoms with Crippen LogP contribution in [0.15, 0.2) is 131 Å². The van der Waals surface area contributed by atoms with Gasteiger partial charge in [-0.1, -0.05) is 131 Å². The van der Waals surface area contributed by atoms with Crippen molar-refractivity contribution in [1.29, 1.82) is 0 Å². The molecule has 0 bridgehead atoms. The van der Waals surface area contributed by atoms with Crippen molar-refractivity contribution in [3.05, 3.63) is 131 Å². The van der Waals surface area contributed by atoms with E-state index in [4.69, 9.17) is 4.74 Å². The fourth-order valence-electron chi connectivity index (χ4n) is 5.13. The van der Waals surface area contributed by atoms with E-state index < -0.39 is 5.60 Å². The predicted octanol–water partition coefficient (Wildman–Crippen LogP) is 11.4. The van der Waals surface area contributed by atoms with Gasteiger partial charge in [0.15, 0.2) is 0 Å². The van der Waals surface area contributed by atoms with Gasteiger partial charge in [0.05, 0.1) is 11.2 Å². The molecule has 2 heteroatoms. The van der Waals surface area contributed by atoms with Gasteiger partial charge in [0, 0.05) is 13.0 Å². The smallest absolute Gasteiger partial charge is 0.0686 e. The highest BCUT2D eigenvalue weighted by atomic mass is 16.5. The number of methoxy groups -OCH3 is 1. The summed E-state index contributed by atoms with van der Waals surface area (Å²) in [7, 11) is 1.76. The second-order valence-electron chi connectivity index (χ2n) is 13.1. The van der Waals surface area contributed by atoms with Crippen LogP contribution in [-0.2, 0) is 4.74 Å². The third-order valence-corrected chi connectivity index (χ3v) is 8.20. The molecule has 0 spiro atoms. The van der Waals surface area contributed by atoms with E-state index in [9.17, 15) is 5.11 Å². The highest BCUT2D eigenvalue weighted by molar-refractivity contribution is 5.32. The lowest BCUT2D eigenvalue weighted by Gasteiger charge is -2.36. The molecule has 2 nitrogen and oxygen atoms in total. The first-order chi connectivity index (χ1) is 20.2. The largest absolute Gasteiger partial charge is 0.390 e. The van der Waals surface area contributed by atoms with Crippen LogP contribution in [0.2, 0.25) is 0 Å². The van der Waals surface area contributed by atoms with Crippen molar-refractivity contribution in [1.82, 2.24) is 0 Å². The van der Waals surface area contributed by atoms with Crippen LogP contribution in [0.25, 0.3) is 0 Å². The van der Waals surface area contributed by atoms with Crippen molar-refractivity contribution in [2.24, 2.45) is 11.8 Å². The Bertz CT molecular complexity index is 1210. The molecule has 43 heavy (non-hydrogen) atoms. The Morgan fingerprint density at radius 3 is 1.70 bits per heavy atom. The molecule has 3 atom stereocenters. The maximum absolute atomic E-state index is 11.0. The standard InChI is InChI=1S/C41H60O2/c1-32(2)18-14-21-35(5)24-16-26-36(6)25-15-22-33(3)19-12-13-20-34(4)23-17-27-37(7)28-29-39-38(40(8,9)43-11)30-31-41(39,10)42/h12-13,15-20,22-29,38-39,42H,14,21,30-31H2,1-11H3/b13-12+,22-15+,23-17+,26-16+,29-28+,33-19+,34-20+,35-24+,36-25+,37-27+/t38-,39+,41-/m1/s1. The molecular formula is C41H60O2. The van der Waals surface area contributed by atoms with Crippen molar-refractivity contribution in [3.63, 3.8) is 0 Å². The summed E-state index contributed by atoms with van der Waals surface area (Å²) < 4.78 is 5.76. The fourth-order valence-corrected chi connectivity index (χ4v) is 5.13. The van der Waals surface area contributed by atoms with Crippen molar-refractivity contribution < 1.29 is 9.84 Å². The molecule has 1 saturated carbocycles. The Hall–Kier alpha value is -2.94. The Morgan fingerprint density at radius 1 is 0.744 bits per heavy atom. The molecule has 0 aromatic rings. The Morgan fingerprint density at radius 2 is 1.21 bits per heavy atom. The summed E-state index contributed by atoms with van der Waals surface area (Å²) >= 11 is 0. The van der Waals surface area contributed by atoms with Crippen LogP contribution >= 0.6 is 0 Å².